The highest BCUT2D eigenvalue weighted by Crippen LogP contribution is 1.93. The molecule has 0 bridgehead atoms. The van der Waals surface area contributed by atoms with E-state index in [0.29, 0.717) is 5.88 Å². The summed E-state index contributed by atoms with van der Waals surface area (Å²) in [6.45, 7) is 2.01. The monoisotopic (exact) mass is 145 g/mol. The Bertz CT molecular complexity index is 116. The summed E-state index contributed by atoms with van der Waals surface area (Å²) in [6, 6.07) is 0. The molecule has 0 saturated carbocycles. The van der Waals surface area contributed by atoms with Crippen LogP contribution in [-0.4, -0.2) is 12.9 Å². The van der Waals surface area contributed by atoms with Gasteiger partial charge in [0.15, 0.2) is 0 Å². The summed E-state index contributed by atoms with van der Waals surface area (Å²) < 4.78 is 0. The van der Waals surface area contributed by atoms with Crippen molar-refractivity contribution in [1.29, 1.82) is 0 Å². The Morgan fingerprint density at radius 1 is 1.67 bits per heavy atom. The van der Waals surface area contributed by atoms with E-state index in [2.05, 4.69) is 5.32 Å². The van der Waals surface area contributed by atoms with Gasteiger partial charge in [0.05, 0.1) is 0 Å². The van der Waals surface area contributed by atoms with Crippen molar-refractivity contribution in [3.05, 3.63) is 23.9 Å². The van der Waals surface area contributed by atoms with Crippen LogP contribution < -0.4 is 5.32 Å². The molecule has 0 aliphatic heterocycles. The summed E-state index contributed by atoms with van der Waals surface area (Å²) in [6.07, 6.45) is 5.80. The summed E-state index contributed by atoms with van der Waals surface area (Å²) in [5.41, 5.74) is 1.18. The normalized spacial score (nSPS) is 12.6. The fourth-order valence-electron chi connectivity index (χ4n) is 0.405. The zero-order chi connectivity index (χ0) is 7.11. The van der Waals surface area contributed by atoms with Crippen LogP contribution in [0.15, 0.2) is 23.9 Å². The first-order chi connectivity index (χ1) is 4.31. The lowest BCUT2D eigenvalue weighted by molar-refractivity contribution is 1.10. The Balaban J connectivity index is 3.60. The Kier molecular flexibility index (Phi) is 5.43. The van der Waals surface area contributed by atoms with Crippen LogP contribution in [0.25, 0.3) is 0 Å². The molecule has 0 amide bonds. The molecule has 1 nitrogen and oxygen atoms in total. The van der Waals surface area contributed by atoms with Gasteiger partial charge in [0.2, 0.25) is 0 Å². The predicted octanol–water partition coefficient (Wildman–Crippen LogP) is 1.90. The molecule has 0 aliphatic rings. The van der Waals surface area contributed by atoms with Crippen LogP contribution in [0.5, 0.6) is 0 Å². The molecule has 0 fully saturated rings. The molecular formula is C7H12ClN. The number of allylic oxidation sites excluding steroid dienone is 3. The summed E-state index contributed by atoms with van der Waals surface area (Å²) in [7, 11) is 1.87. The second-order valence-corrected chi connectivity index (χ2v) is 2.03. The first-order valence-electron chi connectivity index (χ1n) is 2.87. The molecule has 0 radical (unpaired) electrons. The van der Waals surface area contributed by atoms with Crippen LogP contribution >= 0.6 is 11.6 Å². The Hall–Kier alpha value is -0.430. The minimum atomic E-state index is 0.583. The third kappa shape index (κ3) is 5.44. The van der Waals surface area contributed by atoms with Crippen LogP contribution in [-0.2, 0) is 0 Å². The van der Waals surface area contributed by atoms with Crippen LogP contribution in [0.4, 0.5) is 0 Å². The van der Waals surface area contributed by atoms with Crippen LogP contribution in [0.2, 0.25) is 0 Å². The lowest BCUT2D eigenvalue weighted by Crippen LogP contribution is -1.90. The zero-order valence-corrected chi connectivity index (χ0v) is 6.57. The fourth-order valence-corrected chi connectivity index (χ4v) is 0.648. The van der Waals surface area contributed by atoms with Crippen LogP contribution in [0.1, 0.15) is 6.92 Å². The van der Waals surface area contributed by atoms with E-state index in [1.54, 1.807) is 0 Å². The molecule has 0 unspecified atom stereocenters. The first-order valence-corrected chi connectivity index (χ1v) is 3.41. The van der Waals surface area contributed by atoms with E-state index in [4.69, 9.17) is 11.6 Å². The Morgan fingerprint density at radius 2 is 2.33 bits per heavy atom. The van der Waals surface area contributed by atoms with E-state index >= 15 is 0 Å². The fraction of sp³-hybridized carbons (Fsp3) is 0.429. The van der Waals surface area contributed by atoms with Crippen molar-refractivity contribution in [2.24, 2.45) is 0 Å². The van der Waals surface area contributed by atoms with Gasteiger partial charge in [0.25, 0.3) is 0 Å². The maximum Gasteiger partial charge on any atom is 0.0409 e. The summed E-state index contributed by atoms with van der Waals surface area (Å²) in [4.78, 5) is 0. The van der Waals surface area contributed by atoms with Crippen molar-refractivity contribution in [3.63, 3.8) is 0 Å². The maximum absolute atomic E-state index is 5.44. The Labute approximate surface area is 61.4 Å². The lowest BCUT2D eigenvalue weighted by Gasteiger charge is -1.88. The molecule has 0 aromatic carbocycles. The highest BCUT2D eigenvalue weighted by atomic mass is 35.5. The average molecular weight is 146 g/mol. The predicted molar refractivity (Wildman–Crippen MR) is 42.7 cm³/mol. The lowest BCUT2D eigenvalue weighted by atomic mass is 10.3. The number of hydrogen-bond donors (Lipinski definition) is 1. The molecule has 1 N–H and O–H groups in total. The van der Waals surface area contributed by atoms with Crippen LogP contribution in [0.3, 0.4) is 0 Å². The van der Waals surface area contributed by atoms with Crippen molar-refractivity contribution >= 4 is 11.6 Å². The van der Waals surface area contributed by atoms with Crippen molar-refractivity contribution in [1.82, 2.24) is 5.32 Å². The molecule has 0 saturated heterocycles. The van der Waals surface area contributed by atoms with Crippen molar-refractivity contribution < 1.29 is 0 Å². The molecule has 0 aromatic heterocycles. The molecule has 0 atom stereocenters. The second kappa shape index (κ2) is 5.70. The van der Waals surface area contributed by atoms with E-state index in [1.807, 2.05) is 32.3 Å². The number of rotatable bonds is 3. The smallest absolute Gasteiger partial charge is 0.0409 e. The number of nitrogens with one attached hydrogen (secondary N) is 1. The Morgan fingerprint density at radius 3 is 2.78 bits per heavy atom. The second-order valence-electron chi connectivity index (χ2n) is 1.72. The molecule has 9 heavy (non-hydrogen) atoms. The van der Waals surface area contributed by atoms with Crippen molar-refractivity contribution in [3.8, 4) is 0 Å². The van der Waals surface area contributed by atoms with E-state index in [9.17, 15) is 0 Å². The highest BCUT2D eigenvalue weighted by Gasteiger charge is 1.76. The number of halogens is 1. The zero-order valence-electron chi connectivity index (χ0n) is 5.82. The number of alkyl halides is 1. The topological polar surface area (TPSA) is 12.0 Å². The molecule has 52 valence electrons. The molecule has 0 spiro atoms. The van der Waals surface area contributed by atoms with E-state index < -0.39 is 0 Å². The maximum atomic E-state index is 5.44. The van der Waals surface area contributed by atoms with E-state index in [0.717, 1.165) is 0 Å². The SMILES string of the molecule is CN/C=C\C(C)=C/CCl. The quantitative estimate of drug-likeness (QED) is 0.473. The van der Waals surface area contributed by atoms with Gasteiger partial charge < -0.3 is 5.32 Å². The van der Waals surface area contributed by atoms with Crippen LogP contribution in [0, 0.1) is 0 Å². The van der Waals surface area contributed by atoms with Crippen molar-refractivity contribution in [2.45, 2.75) is 6.92 Å². The van der Waals surface area contributed by atoms with Gasteiger partial charge in [0.1, 0.15) is 0 Å². The third-order valence-corrected chi connectivity index (χ3v) is 1.07. The van der Waals surface area contributed by atoms with Gasteiger partial charge >= 0.3 is 0 Å². The third-order valence-electron chi connectivity index (χ3n) is 0.912. The summed E-state index contributed by atoms with van der Waals surface area (Å²) >= 11 is 5.44. The number of hydrogen-bond acceptors (Lipinski definition) is 1. The van der Waals surface area contributed by atoms with Gasteiger partial charge in [-0.1, -0.05) is 11.6 Å². The van der Waals surface area contributed by atoms with E-state index in [-0.39, 0.29) is 0 Å². The van der Waals surface area contributed by atoms with Gasteiger partial charge in [0, 0.05) is 12.9 Å². The average Bonchev–Trinajstić information content (AvgIpc) is 1.85. The van der Waals surface area contributed by atoms with Gasteiger partial charge in [-0.05, 0) is 19.2 Å². The van der Waals surface area contributed by atoms with Gasteiger partial charge in [-0.25, -0.2) is 0 Å². The summed E-state index contributed by atoms with van der Waals surface area (Å²) in [5, 5.41) is 2.89. The molecule has 0 rings (SSSR count). The molecule has 2 heteroatoms. The molecule has 0 heterocycles. The van der Waals surface area contributed by atoms with Gasteiger partial charge in [-0.2, -0.15) is 0 Å². The molecule has 0 aliphatic carbocycles. The van der Waals surface area contributed by atoms with Gasteiger partial charge in [-0.3, -0.25) is 0 Å². The minimum absolute atomic E-state index is 0.583. The summed E-state index contributed by atoms with van der Waals surface area (Å²) in [5.74, 6) is 0.583. The van der Waals surface area contributed by atoms with Crippen molar-refractivity contribution in [2.75, 3.05) is 12.9 Å². The standard InChI is InChI=1S/C7H12ClN/c1-7(3-5-8)4-6-9-2/h3-4,6,9H,5H2,1-2H3/b6-4-,7-3-. The van der Waals surface area contributed by atoms with E-state index in [1.165, 1.54) is 5.57 Å². The molecule has 0 aromatic rings. The minimum Gasteiger partial charge on any atom is -0.394 e. The van der Waals surface area contributed by atoms with Gasteiger partial charge in [-0.15, -0.1) is 11.6 Å². The highest BCUT2D eigenvalue weighted by molar-refractivity contribution is 6.18. The largest absolute Gasteiger partial charge is 0.394 e. The first kappa shape index (κ1) is 8.57. The molecular weight excluding hydrogens is 134 g/mol.